The molecule has 2 aromatic rings. The van der Waals surface area contributed by atoms with Crippen molar-refractivity contribution in [3.63, 3.8) is 0 Å². The van der Waals surface area contributed by atoms with Gasteiger partial charge in [-0.1, -0.05) is 44.0 Å². The van der Waals surface area contributed by atoms with Crippen LogP contribution >= 0.6 is 0 Å². The summed E-state index contributed by atoms with van der Waals surface area (Å²) in [6.07, 6.45) is 5.65. The molecule has 0 radical (unpaired) electrons. The fourth-order valence-electron chi connectivity index (χ4n) is 4.40. The Hall–Kier alpha value is -2.49. The molecule has 0 aromatic heterocycles. The Bertz CT molecular complexity index is 872. The average Bonchev–Trinajstić information content (AvgIpc) is 3.03. The highest BCUT2D eigenvalue weighted by Gasteiger charge is 2.32. The molecular formula is C25H31NO3. The Morgan fingerprint density at radius 3 is 2.66 bits per heavy atom. The summed E-state index contributed by atoms with van der Waals surface area (Å²) in [5.41, 5.74) is 2.74. The van der Waals surface area contributed by atoms with Gasteiger partial charge in [0.1, 0.15) is 12.2 Å². The minimum absolute atomic E-state index is 0.0210. The van der Waals surface area contributed by atoms with Crippen LogP contribution in [-0.4, -0.2) is 17.6 Å². The first-order valence-corrected chi connectivity index (χ1v) is 10.7. The zero-order chi connectivity index (χ0) is 20.4. The lowest BCUT2D eigenvalue weighted by Gasteiger charge is -2.29. The van der Waals surface area contributed by atoms with E-state index < -0.39 is 0 Å². The lowest BCUT2D eigenvalue weighted by molar-refractivity contribution is 0.0910. The van der Waals surface area contributed by atoms with Gasteiger partial charge in [-0.3, -0.25) is 4.79 Å². The quantitative estimate of drug-likeness (QED) is 0.751. The van der Waals surface area contributed by atoms with Gasteiger partial charge in [0.2, 0.25) is 0 Å². The zero-order valence-corrected chi connectivity index (χ0v) is 17.7. The van der Waals surface area contributed by atoms with E-state index in [1.807, 2.05) is 36.4 Å². The van der Waals surface area contributed by atoms with Crippen molar-refractivity contribution in [2.75, 3.05) is 0 Å². The van der Waals surface area contributed by atoms with E-state index in [-0.39, 0.29) is 11.5 Å². The molecular weight excluding hydrogens is 362 g/mol. The molecule has 29 heavy (non-hydrogen) atoms. The van der Waals surface area contributed by atoms with Gasteiger partial charge < -0.3 is 14.8 Å². The van der Waals surface area contributed by atoms with Gasteiger partial charge in [0.25, 0.3) is 5.91 Å². The highest BCUT2D eigenvalue weighted by atomic mass is 16.5. The SMILES string of the molecule is C[C@H]1CCCC[C@@H]1NC(=O)c1ccc(COc2cccc3c2OC(C)(C)C3)cc1. The number of fused-ring (bicyclic) bond motifs is 1. The Kier molecular flexibility index (Phi) is 5.53. The van der Waals surface area contributed by atoms with Crippen LogP contribution in [0.1, 0.15) is 67.9 Å². The molecule has 4 nitrogen and oxygen atoms in total. The van der Waals surface area contributed by atoms with Gasteiger partial charge >= 0.3 is 0 Å². The smallest absolute Gasteiger partial charge is 0.251 e. The van der Waals surface area contributed by atoms with Crippen molar-refractivity contribution < 1.29 is 14.3 Å². The molecule has 2 aromatic carbocycles. The van der Waals surface area contributed by atoms with Gasteiger partial charge in [-0.05, 0) is 56.4 Å². The van der Waals surface area contributed by atoms with Crippen LogP contribution in [0, 0.1) is 5.92 Å². The van der Waals surface area contributed by atoms with Crippen LogP contribution in [0.2, 0.25) is 0 Å². The second-order valence-electron chi connectivity index (χ2n) is 9.11. The number of hydrogen-bond acceptors (Lipinski definition) is 3. The lowest BCUT2D eigenvalue weighted by Crippen LogP contribution is -2.41. The minimum Gasteiger partial charge on any atom is -0.485 e. The first kappa shape index (κ1) is 19.8. The summed E-state index contributed by atoms with van der Waals surface area (Å²) in [5.74, 6) is 2.21. The number of carbonyl (C=O) groups is 1. The van der Waals surface area contributed by atoms with E-state index in [1.54, 1.807) is 0 Å². The van der Waals surface area contributed by atoms with Gasteiger partial charge in [0.15, 0.2) is 11.5 Å². The Balaban J connectivity index is 1.36. The lowest BCUT2D eigenvalue weighted by atomic mass is 9.86. The maximum Gasteiger partial charge on any atom is 0.251 e. The van der Waals surface area contributed by atoms with Crippen molar-refractivity contribution in [2.45, 2.75) is 71.1 Å². The van der Waals surface area contributed by atoms with E-state index in [1.165, 1.54) is 24.8 Å². The third-order valence-electron chi connectivity index (χ3n) is 6.09. The summed E-state index contributed by atoms with van der Waals surface area (Å²) in [6, 6.07) is 14.1. The molecule has 1 aliphatic heterocycles. The van der Waals surface area contributed by atoms with E-state index >= 15 is 0 Å². The molecule has 1 fully saturated rings. The number of hydrogen-bond donors (Lipinski definition) is 1. The van der Waals surface area contributed by atoms with Gasteiger partial charge in [-0.2, -0.15) is 0 Å². The Morgan fingerprint density at radius 2 is 1.90 bits per heavy atom. The zero-order valence-electron chi connectivity index (χ0n) is 17.7. The van der Waals surface area contributed by atoms with Crippen LogP contribution in [0.5, 0.6) is 11.5 Å². The third kappa shape index (κ3) is 4.58. The Morgan fingerprint density at radius 1 is 1.14 bits per heavy atom. The van der Waals surface area contributed by atoms with Crippen molar-refractivity contribution in [3.8, 4) is 11.5 Å². The van der Waals surface area contributed by atoms with Gasteiger partial charge in [0, 0.05) is 23.6 Å². The standard InChI is InChI=1S/C25H31NO3/c1-17-7-4-5-9-21(17)26-24(27)19-13-11-18(12-14-19)16-28-22-10-6-8-20-15-25(2,3)29-23(20)22/h6,8,10-14,17,21H,4-5,7,9,15-16H2,1-3H3,(H,26,27)/t17-,21-/m0/s1. The van der Waals surface area contributed by atoms with Crippen molar-refractivity contribution in [2.24, 2.45) is 5.92 Å². The van der Waals surface area contributed by atoms with E-state index in [9.17, 15) is 4.79 Å². The van der Waals surface area contributed by atoms with Crippen LogP contribution in [-0.2, 0) is 13.0 Å². The van der Waals surface area contributed by atoms with Crippen LogP contribution < -0.4 is 14.8 Å². The number of para-hydroxylation sites is 1. The molecule has 4 heteroatoms. The van der Waals surface area contributed by atoms with Crippen LogP contribution in [0.3, 0.4) is 0 Å². The molecule has 0 saturated heterocycles. The van der Waals surface area contributed by atoms with Gasteiger partial charge in [-0.25, -0.2) is 0 Å². The normalized spacial score (nSPS) is 22.4. The largest absolute Gasteiger partial charge is 0.485 e. The maximum absolute atomic E-state index is 12.6. The highest BCUT2D eigenvalue weighted by molar-refractivity contribution is 5.94. The number of ether oxygens (including phenoxy) is 2. The summed E-state index contributed by atoms with van der Waals surface area (Å²) >= 11 is 0. The number of benzene rings is 2. The fraction of sp³-hybridized carbons (Fsp3) is 0.480. The summed E-state index contributed by atoms with van der Waals surface area (Å²) in [4.78, 5) is 12.6. The number of amides is 1. The number of rotatable bonds is 5. The molecule has 1 aliphatic carbocycles. The second-order valence-corrected chi connectivity index (χ2v) is 9.11. The van der Waals surface area contributed by atoms with E-state index in [0.29, 0.717) is 24.1 Å². The van der Waals surface area contributed by atoms with Gasteiger partial charge in [-0.15, -0.1) is 0 Å². The van der Waals surface area contributed by atoms with E-state index in [4.69, 9.17) is 9.47 Å². The summed E-state index contributed by atoms with van der Waals surface area (Å²) in [5, 5.41) is 3.21. The van der Waals surface area contributed by atoms with E-state index in [2.05, 4.69) is 32.2 Å². The molecule has 1 saturated carbocycles. The summed E-state index contributed by atoms with van der Waals surface area (Å²) < 4.78 is 12.1. The molecule has 154 valence electrons. The first-order valence-electron chi connectivity index (χ1n) is 10.7. The van der Waals surface area contributed by atoms with Crippen LogP contribution in [0.25, 0.3) is 0 Å². The topological polar surface area (TPSA) is 47.6 Å². The maximum atomic E-state index is 12.6. The predicted octanol–water partition coefficient (Wildman–Crippen LogP) is 5.29. The predicted molar refractivity (Wildman–Crippen MR) is 115 cm³/mol. The highest BCUT2D eigenvalue weighted by Crippen LogP contribution is 2.41. The molecule has 2 atom stereocenters. The van der Waals surface area contributed by atoms with Crippen LogP contribution in [0.4, 0.5) is 0 Å². The fourth-order valence-corrected chi connectivity index (χ4v) is 4.40. The molecule has 0 unspecified atom stereocenters. The number of carbonyl (C=O) groups excluding carboxylic acids is 1. The van der Waals surface area contributed by atoms with E-state index in [0.717, 1.165) is 29.9 Å². The Labute approximate surface area is 173 Å². The van der Waals surface area contributed by atoms with Crippen molar-refractivity contribution in [3.05, 3.63) is 59.2 Å². The summed E-state index contributed by atoms with van der Waals surface area (Å²) in [7, 11) is 0. The molecule has 1 N–H and O–H groups in total. The first-order chi connectivity index (χ1) is 13.9. The molecule has 2 aliphatic rings. The van der Waals surface area contributed by atoms with Crippen molar-refractivity contribution in [1.29, 1.82) is 0 Å². The van der Waals surface area contributed by atoms with Crippen molar-refractivity contribution >= 4 is 5.91 Å². The molecule has 0 spiro atoms. The molecule has 0 bridgehead atoms. The molecule has 1 heterocycles. The second kappa shape index (κ2) is 8.10. The monoisotopic (exact) mass is 393 g/mol. The van der Waals surface area contributed by atoms with Crippen molar-refractivity contribution in [1.82, 2.24) is 5.32 Å². The van der Waals surface area contributed by atoms with Gasteiger partial charge in [0.05, 0.1) is 0 Å². The summed E-state index contributed by atoms with van der Waals surface area (Å²) in [6.45, 7) is 6.86. The minimum atomic E-state index is -0.188. The average molecular weight is 394 g/mol. The third-order valence-corrected chi connectivity index (χ3v) is 6.09. The molecule has 1 amide bonds. The number of nitrogens with one attached hydrogen (secondary N) is 1. The molecule has 4 rings (SSSR count). The van der Waals surface area contributed by atoms with Crippen LogP contribution in [0.15, 0.2) is 42.5 Å².